The van der Waals surface area contributed by atoms with E-state index in [-0.39, 0.29) is 13.1 Å². The zero-order valence-corrected chi connectivity index (χ0v) is 10.7. The molecular weight excluding hydrogens is 285 g/mol. The van der Waals surface area contributed by atoms with Gasteiger partial charge in [-0.25, -0.2) is 26.3 Å². The number of hydrogen-bond acceptors (Lipinski definition) is 3. The van der Waals surface area contributed by atoms with Gasteiger partial charge in [0.05, 0.1) is 6.26 Å². The van der Waals surface area contributed by atoms with Crippen LogP contribution in [0.1, 0.15) is 10.4 Å². The van der Waals surface area contributed by atoms with Gasteiger partial charge in [-0.1, -0.05) is 0 Å². The third kappa shape index (κ3) is 4.87. The zero-order valence-electron chi connectivity index (χ0n) is 9.84. The number of carbonyl (C=O) groups excluding carboxylic acids is 1. The van der Waals surface area contributed by atoms with Crippen molar-refractivity contribution in [3.8, 4) is 0 Å². The van der Waals surface area contributed by atoms with Crippen LogP contribution in [0, 0.1) is 17.5 Å². The van der Waals surface area contributed by atoms with E-state index >= 15 is 0 Å². The largest absolute Gasteiger partial charge is 0.351 e. The van der Waals surface area contributed by atoms with Crippen LogP contribution < -0.4 is 10.0 Å². The average Bonchev–Trinajstić information content (AvgIpc) is 2.29. The number of amides is 1. The molecule has 5 nitrogen and oxygen atoms in total. The topological polar surface area (TPSA) is 75.3 Å². The molecule has 0 fully saturated rings. The molecule has 0 aliphatic rings. The molecule has 9 heteroatoms. The third-order valence-corrected chi connectivity index (χ3v) is 2.75. The van der Waals surface area contributed by atoms with E-state index in [4.69, 9.17) is 0 Å². The van der Waals surface area contributed by atoms with E-state index in [0.717, 1.165) is 6.26 Å². The lowest BCUT2D eigenvalue weighted by Gasteiger charge is -2.06. The highest BCUT2D eigenvalue weighted by Crippen LogP contribution is 2.13. The van der Waals surface area contributed by atoms with Gasteiger partial charge in [0.25, 0.3) is 5.91 Å². The minimum Gasteiger partial charge on any atom is -0.351 e. The normalized spacial score (nSPS) is 11.4. The maximum atomic E-state index is 12.9. The summed E-state index contributed by atoms with van der Waals surface area (Å²) in [6.45, 7) is -0.150. The second-order valence-corrected chi connectivity index (χ2v) is 5.51. The molecule has 106 valence electrons. The summed E-state index contributed by atoms with van der Waals surface area (Å²) in [4.78, 5) is 11.4. The van der Waals surface area contributed by atoms with Gasteiger partial charge in [0.1, 0.15) is 0 Å². The standard InChI is InChI=1S/C10H11F3N2O3S/c1-19(17,18)15-3-2-14-10(16)6-4-7(11)9(13)8(12)5-6/h4-5,15H,2-3H2,1H3,(H,14,16). The first-order valence-electron chi connectivity index (χ1n) is 5.08. The molecule has 1 aromatic rings. The summed E-state index contributed by atoms with van der Waals surface area (Å²) in [6.07, 6.45) is 0.944. The van der Waals surface area contributed by atoms with Crippen molar-refractivity contribution >= 4 is 15.9 Å². The van der Waals surface area contributed by atoms with Crippen molar-refractivity contribution in [1.82, 2.24) is 10.0 Å². The monoisotopic (exact) mass is 296 g/mol. The van der Waals surface area contributed by atoms with Gasteiger partial charge in [-0.15, -0.1) is 0 Å². The quantitative estimate of drug-likeness (QED) is 0.609. The fourth-order valence-electron chi connectivity index (χ4n) is 1.20. The minimum absolute atomic E-state index is 0.0727. The number of sulfonamides is 1. The first-order valence-corrected chi connectivity index (χ1v) is 6.97. The van der Waals surface area contributed by atoms with Gasteiger partial charge in [-0.05, 0) is 12.1 Å². The molecule has 0 bridgehead atoms. The van der Waals surface area contributed by atoms with E-state index in [0.29, 0.717) is 12.1 Å². The number of rotatable bonds is 5. The Morgan fingerprint density at radius 1 is 1.16 bits per heavy atom. The first-order chi connectivity index (χ1) is 8.70. The molecule has 0 radical (unpaired) electrons. The second-order valence-electron chi connectivity index (χ2n) is 3.68. The van der Waals surface area contributed by atoms with Crippen LogP contribution in [0.15, 0.2) is 12.1 Å². The second kappa shape index (κ2) is 6.02. The maximum Gasteiger partial charge on any atom is 0.251 e. The minimum atomic E-state index is -3.38. The molecule has 0 aliphatic heterocycles. The smallest absolute Gasteiger partial charge is 0.251 e. The molecule has 0 saturated carbocycles. The molecule has 0 aromatic heterocycles. The SMILES string of the molecule is CS(=O)(=O)NCCNC(=O)c1cc(F)c(F)c(F)c1. The van der Waals surface area contributed by atoms with E-state index in [1.54, 1.807) is 0 Å². The van der Waals surface area contributed by atoms with Gasteiger partial charge < -0.3 is 5.32 Å². The molecular formula is C10H11F3N2O3S. The fourth-order valence-corrected chi connectivity index (χ4v) is 1.67. The van der Waals surface area contributed by atoms with Gasteiger partial charge in [-0.2, -0.15) is 0 Å². The number of halogens is 3. The van der Waals surface area contributed by atoms with Crippen molar-refractivity contribution in [3.05, 3.63) is 35.1 Å². The lowest BCUT2D eigenvalue weighted by atomic mass is 10.2. The summed E-state index contributed by atoms with van der Waals surface area (Å²) in [6, 6.07) is 1.11. The van der Waals surface area contributed by atoms with Crippen LogP contribution >= 0.6 is 0 Å². The van der Waals surface area contributed by atoms with Gasteiger partial charge in [0, 0.05) is 18.7 Å². The molecule has 1 aromatic carbocycles. The fraction of sp³-hybridized carbons (Fsp3) is 0.300. The van der Waals surface area contributed by atoms with E-state index in [1.807, 2.05) is 0 Å². The highest BCUT2D eigenvalue weighted by Gasteiger charge is 2.14. The van der Waals surface area contributed by atoms with Crippen LogP contribution in [0.4, 0.5) is 13.2 Å². The van der Waals surface area contributed by atoms with Crippen LogP contribution in [0.3, 0.4) is 0 Å². The zero-order chi connectivity index (χ0) is 14.6. The van der Waals surface area contributed by atoms with Crippen molar-refractivity contribution in [2.45, 2.75) is 0 Å². The van der Waals surface area contributed by atoms with Crippen LogP contribution in [-0.4, -0.2) is 33.7 Å². The number of nitrogens with one attached hydrogen (secondary N) is 2. The Balaban J connectivity index is 2.60. The molecule has 0 saturated heterocycles. The van der Waals surface area contributed by atoms with Gasteiger partial charge >= 0.3 is 0 Å². The molecule has 0 aliphatic carbocycles. The van der Waals surface area contributed by atoms with Crippen LogP contribution in [0.2, 0.25) is 0 Å². The van der Waals surface area contributed by atoms with Crippen molar-refractivity contribution in [2.24, 2.45) is 0 Å². The van der Waals surface area contributed by atoms with Crippen molar-refractivity contribution < 1.29 is 26.4 Å². The van der Waals surface area contributed by atoms with Crippen molar-refractivity contribution in [3.63, 3.8) is 0 Å². The van der Waals surface area contributed by atoms with Crippen LogP contribution in [0.25, 0.3) is 0 Å². The van der Waals surface area contributed by atoms with Crippen LogP contribution in [-0.2, 0) is 10.0 Å². The summed E-state index contributed by atoms with van der Waals surface area (Å²) < 4.78 is 61.9. The van der Waals surface area contributed by atoms with Crippen molar-refractivity contribution in [2.75, 3.05) is 19.3 Å². The summed E-state index contributed by atoms with van der Waals surface area (Å²) in [5.41, 5.74) is -0.393. The molecule has 0 heterocycles. The lowest BCUT2D eigenvalue weighted by molar-refractivity contribution is 0.0953. The third-order valence-electron chi connectivity index (χ3n) is 2.02. The Labute approximate surface area is 107 Å². The number of benzene rings is 1. The summed E-state index contributed by atoms with van der Waals surface area (Å²) in [5.74, 6) is -5.44. The Kier molecular flexibility index (Phi) is 4.90. The predicted octanol–water partition coefficient (Wildman–Crippen LogP) is 0.383. The molecule has 19 heavy (non-hydrogen) atoms. The van der Waals surface area contributed by atoms with E-state index in [2.05, 4.69) is 10.0 Å². The predicted molar refractivity (Wildman–Crippen MR) is 61.5 cm³/mol. The molecule has 0 unspecified atom stereocenters. The van der Waals surface area contributed by atoms with E-state index in [9.17, 15) is 26.4 Å². The Morgan fingerprint density at radius 2 is 1.68 bits per heavy atom. The molecule has 1 amide bonds. The molecule has 0 spiro atoms. The lowest BCUT2D eigenvalue weighted by Crippen LogP contribution is -2.34. The average molecular weight is 296 g/mol. The maximum absolute atomic E-state index is 12.9. The highest BCUT2D eigenvalue weighted by molar-refractivity contribution is 7.88. The molecule has 2 N–H and O–H groups in total. The van der Waals surface area contributed by atoms with Gasteiger partial charge in [0.15, 0.2) is 17.5 Å². The summed E-state index contributed by atoms with van der Waals surface area (Å²) in [7, 11) is -3.38. The molecule has 0 atom stereocenters. The van der Waals surface area contributed by atoms with Gasteiger partial charge in [-0.3, -0.25) is 4.79 Å². The van der Waals surface area contributed by atoms with E-state index in [1.165, 1.54) is 0 Å². The highest BCUT2D eigenvalue weighted by atomic mass is 32.2. The van der Waals surface area contributed by atoms with Crippen molar-refractivity contribution in [1.29, 1.82) is 0 Å². The number of hydrogen-bond donors (Lipinski definition) is 2. The van der Waals surface area contributed by atoms with Gasteiger partial charge in [0.2, 0.25) is 10.0 Å². The number of carbonyl (C=O) groups is 1. The van der Waals surface area contributed by atoms with Crippen LogP contribution in [0.5, 0.6) is 0 Å². The Hall–Kier alpha value is -1.61. The first kappa shape index (κ1) is 15.4. The Bertz CT molecular complexity index is 567. The summed E-state index contributed by atoms with van der Waals surface area (Å²) in [5, 5.41) is 2.22. The Morgan fingerprint density at radius 3 is 2.16 bits per heavy atom. The molecule has 1 rings (SSSR count). The van der Waals surface area contributed by atoms with E-state index < -0.39 is 38.9 Å². The summed E-state index contributed by atoms with van der Waals surface area (Å²) >= 11 is 0.